The number of hydrogen-bond donors (Lipinski definition) is 1. The lowest BCUT2D eigenvalue weighted by atomic mass is 9.95. The Labute approximate surface area is 196 Å². The second kappa shape index (κ2) is 9.05. The maximum absolute atomic E-state index is 13.1. The smallest absolute Gasteiger partial charge is 0.355 e. The number of rotatable bonds is 4. The predicted molar refractivity (Wildman–Crippen MR) is 123 cm³/mol. The van der Waals surface area contributed by atoms with Crippen LogP contribution in [0, 0.1) is 5.92 Å². The molecule has 5 rings (SSSR count). The van der Waals surface area contributed by atoms with Crippen LogP contribution in [0.15, 0.2) is 36.4 Å². The Balaban J connectivity index is 1.22. The number of halogens is 3. The first-order valence-corrected chi connectivity index (χ1v) is 12.7. The van der Waals surface area contributed by atoms with E-state index in [1.165, 1.54) is 11.6 Å². The first-order chi connectivity index (χ1) is 15.9. The van der Waals surface area contributed by atoms with E-state index in [4.69, 9.17) is 0 Å². The molecule has 174 valence electrons. The van der Waals surface area contributed by atoms with Crippen molar-refractivity contribution < 1.29 is 18.0 Å². The molecule has 1 N–H and O–H groups in total. The molecule has 1 amide bonds. The third-order valence-electron chi connectivity index (χ3n) is 5.74. The fraction of sp³-hybridized carbons (Fsp3) is 0.429. The normalized spacial score (nSPS) is 18.2. The van der Waals surface area contributed by atoms with E-state index in [9.17, 15) is 18.0 Å². The number of hydrogen-bond acceptors (Lipinski definition) is 7. The van der Waals surface area contributed by atoms with Crippen molar-refractivity contribution in [1.29, 1.82) is 0 Å². The third-order valence-corrected chi connectivity index (χ3v) is 8.84. The molecule has 12 heteroatoms. The Bertz CT molecular complexity index is 1160. The van der Waals surface area contributed by atoms with Gasteiger partial charge >= 0.3 is 6.18 Å². The average molecular weight is 495 g/mol. The maximum Gasteiger partial charge on any atom is 0.453 e. The van der Waals surface area contributed by atoms with Crippen LogP contribution < -0.4 is 10.2 Å². The Morgan fingerprint density at radius 1 is 1.06 bits per heavy atom. The van der Waals surface area contributed by atoms with E-state index in [0.29, 0.717) is 36.3 Å². The second-order valence-electron chi connectivity index (χ2n) is 7.93. The molecule has 0 radical (unpaired) electrons. The van der Waals surface area contributed by atoms with Crippen molar-refractivity contribution in [3.8, 4) is 0 Å². The highest BCUT2D eigenvalue weighted by Crippen LogP contribution is 2.45. The number of nitrogens with one attached hydrogen (secondary N) is 1. The predicted octanol–water partition coefficient (Wildman–Crippen LogP) is 4.48. The molecule has 2 aliphatic heterocycles. The van der Waals surface area contributed by atoms with E-state index in [-0.39, 0.29) is 17.5 Å². The van der Waals surface area contributed by atoms with Crippen molar-refractivity contribution in [2.24, 2.45) is 5.92 Å². The number of thioether (sulfide) groups is 2. The van der Waals surface area contributed by atoms with E-state index < -0.39 is 12.0 Å². The molecule has 0 atom stereocenters. The Morgan fingerprint density at radius 3 is 2.55 bits per heavy atom. The van der Waals surface area contributed by atoms with Gasteiger partial charge < -0.3 is 10.2 Å². The summed E-state index contributed by atoms with van der Waals surface area (Å²) >= 11 is 3.84. The van der Waals surface area contributed by atoms with Crippen molar-refractivity contribution in [3.63, 3.8) is 0 Å². The van der Waals surface area contributed by atoms with Crippen LogP contribution in [0.3, 0.4) is 0 Å². The number of aromatic nitrogens is 4. The number of carbonyl (C=O) groups excluding carboxylic acids is 1. The van der Waals surface area contributed by atoms with E-state index in [1.807, 2.05) is 46.6 Å². The summed E-state index contributed by atoms with van der Waals surface area (Å²) in [6.45, 7) is 1.05. The van der Waals surface area contributed by atoms with Crippen LogP contribution in [0.2, 0.25) is 0 Å². The Morgan fingerprint density at radius 2 is 1.82 bits per heavy atom. The minimum absolute atomic E-state index is 0.0277. The van der Waals surface area contributed by atoms with E-state index in [0.717, 1.165) is 21.7 Å². The van der Waals surface area contributed by atoms with Gasteiger partial charge in [0.25, 0.3) is 5.82 Å². The quantitative estimate of drug-likeness (QED) is 0.573. The van der Waals surface area contributed by atoms with Crippen LogP contribution in [0.4, 0.5) is 24.7 Å². The summed E-state index contributed by atoms with van der Waals surface area (Å²) in [5.74, 6) is 1.35. The molecular formula is C21H21F3N6OS2. The summed E-state index contributed by atoms with van der Waals surface area (Å²) in [5, 5.41) is 13.9. The molecule has 2 fully saturated rings. The Hall–Kier alpha value is -2.47. The summed E-state index contributed by atoms with van der Waals surface area (Å²) in [6.07, 6.45) is -3.45. The first kappa shape index (κ1) is 22.3. The van der Waals surface area contributed by atoms with Gasteiger partial charge in [0.2, 0.25) is 5.91 Å². The molecule has 3 aromatic rings. The van der Waals surface area contributed by atoms with Crippen molar-refractivity contribution >= 4 is 46.6 Å². The minimum atomic E-state index is -4.64. The lowest BCUT2D eigenvalue weighted by Crippen LogP contribution is -2.38. The van der Waals surface area contributed by atoms with Gasteiger partial charge in [-0.1, -0.05) is 12.1 Å². The topological polar surface area (TPSA) is 75.4 Å². The summed E-state index contributed by atoms with van der Waals surface area (Å²) in [7, 11) is 0. The van der Waals surface area contributed by atoms with Gasteiger partial charge in [0, 0.05) is 36.2 Å². The lowest BCUT2D eigenvalue weighted by Gasteiger charge is -2.32. The SMILES string of the molecule is O=C(Nc1cccc(C2SCCS2)c1)C1CCN(c2ccc3nnc(C(F)(F)F)n3n2)CC1. The monoisotopic (exact) mass is 494 g/mol. The van der Waals surface area contributed by atoms with Crippen LogP contribution in [-0.2, 0) is 11.0 Å². The van der Waals surface area contributed by atoms with Crippen LogP contribution >= 0.6 is 23.5 Å². The van der Waals surface area contributed by atoms with Gasteiger partial charge in [-0.3, -0.25) is 4.79 Å². The molecular weight excluding hydrogens is 473 g/mol. The fourth-order valence-corrected chi connectivity index (χ4v) is 6.89. The van der Waals surface area contributed by atoms with E-state index in [1.54, 1.807) is 6.07 Å². The van der Waals surface area contributed by atoms with Crippen molar-refractivity contribution in [3.05, 3.63) is 47.8 Å². The van der Waals surface area contributed by atoms with Gasteiger partial charge in [-0.2, -0.15) is 17.7 Å². The highest BCUT2D eigenvalue weighted by molar-refractivity contribution is 8.19. The third kappa shape index (κ3) is 4.77. The summed E-state index contributed by atoms with van der Waals surface area (Å²) < 4.78 is 40.5. The molecule has 4 heterocycles. The lowest BCUT2D eigenvalue weighted by molar-refractivity contribution is -0.146. The number of alkyl halides is 3. The number of benzene rings is 1. The largest absolute Gasteiger partial charge is 0.453 e. The van der Waals surface area contributed by atoms with Crippen LogP contribution in [0.5, 0.6) is 0 Å². The van der Waals surface area contributed by atoms with Crippen LogP contribution in [-0.4, -0.2) is 50.3 Å². The summed E-state index contributed by atoms with van der Waals surface area (Å²) in [4.78, 5) is 14.7. The number of nitrogens with zero attached hydrogens (tertiary/aromatic N) is 5. The second-order valence-corrected chi connectivity index (χ2v) is 10.7. The molecule has 0 spiro atoms. The van der Waals surface area contributed by atoms with Gasteiger partial charge in [0.15, 0.2) is 5.65 Å². The standard InChI is InChI=1S/C21H21F3N6OS2/c22-21(23,24)20-27-26-16-4-5-17(28-30(16)20)29-8-6-13(7-9-29)18(31)25-15-3-1-2-14(12-15)19-32-10-11-33-19/h1-5,12-13,19H,6-11H2,(H,25,31). The molecule has 33 heavy (non-hydrogen) atoms. The Kier molecular flexibility index (Phi) is 6.12. The maximum atomic E-state index is 13.1. The van der Waals surface area contributed by atoms with Crippen molar-refractivity contribution in [2.45, 2.75) is 23.6 Å². The fourth-order valence-electron chi connectivity index (χ4n) is 4.05. The van der Waals surface area contributed by atoms with Gasteiger partial charge in [0.1, 0.15) is 5.82 Å². The zero-order valence-corrected chi connectivity index (χ0v) is 19.1. The molecule has 2 aromatic heterocycles. The molecule has 2 aliphatic rings. The first-order valence-electron chi connectivity index (χ1n) is 10.6. The van der Waals surface area contributed by atoms with E-state index in [2.05, 4.69) is 26.7 Å². The highest BCUT2D eigenvalue weighted by Gasteiger charge is 2.38. The van der Waals surface area contributed by atoms with Gasteiger partial charge in [-0.15, -0.1) is 38.8 Å². The van der Waals surface area contributed by atoms with Crippen LogP contribution in [0.25, 0.3) is 5.65 Å². The number of piperidine rings is 1. The molecule has 7 nitrogen and oxygen atoms in total. The van der Waals surface area contributed by atoms with E-state index >= 15 is 0 Å². The van der Waals surface area contributed by atoms with Crippen molar-refractivity contribution in [1.82, 2.24) is 19.8 Å². The molecule has 0 bridgehead atoms. The number of anilines is 2. The zero-order valence-electron chi connectivity index (χ0n) is 17.5. The number of carbonyl (C=O) groups is 1. The average Bonchev–Trinajstić information content (AvgIpc) is 3.49. The minimum Gasteiger partial charge on any atom is -0.355 e. The molecule has 0 saturated carbocycles. The highest BCUT2D eigenvalue weighted by atomic mass is 32.2. The van der Waals surface area contributed by atoms with Gasteiger partial charge in [-0.05, 0) is 42.7 Å². The summed E-state index contributed by atoms with van der Waals surface area (Å²) in [6, 6.07) is 11.1. The molecule has 1 aromatic carbocycles. The zero-order chi connectivity index (χ0) is 23.0. The number of fused-ring (bicyclic) bond motifs is 1. The van der Waals surface area contributed by atoms with Crippen LogP contribution in [0.1, 0.15) is 28.8 Å². The molecule has 0 unspecified atom stereocenters. The number of amides is 1. The summed E-state index contributed by atoms with van der Waals surface area (Å²) in [5.41, 5.74) is 2.05. The molecule has 0 aliphatic carbocycles. The van der Waals surface area contributed by atoms with Crippen molar-refractivity contribution in [2.75, 3.05) is 34.8 Å². The van der Waals surface area contributed by atoms with Gasteiger partial charge in [0.05, 0.1) is 4.58 Å². The van der Waals surface area contributed by atoms with Gasteiger partial charge in [-0.25, -0.2) is 0 Å². The molecule has 2 saturated heterocycles.